The highest BCUT2D eigenvalue weighted by Crippen LogP contribution is 2.31. The number of benzene rings is 2. The van der Waals surface area contributed by atoms with Crippen molar-refractivity contribution < 1.29 is 19.1 Å². The van der Waals surface area contributed by atoms with Gasteiger partial charge in [0.2, 0.25) is 0 Å². The Kier molecular flexibility index (Phi) is 5.76. The second-order valence-corrected chi connectivity index (χ2v) is 7.54. The molecule has 7 nitrogen and oxygen atoms in total. The first-order valence-corrected chi connectivity index (χ1v) is 9.99. The monoisotopic (exact) mass is 445 g/mol. The number of morpholine rings is 1. The molecule has 3 amide bonds. The first-order chi connectivity index (χ1) is 14.5. The van der Waals surface area contributed by atoms with Crippen molar-refractivity contribution in [3.8, 4) is 0 Å². The topological polar surface area (TPSA) is 79.0 Å². The smallest absolute Gasteiger partial charge is 0.283 e. The molecule has 30 heavy (non-hydrogen) atoms. The van der Waals surface area contributed by atoms with Gasteiger partial charge in [-0.15, -0.1) is 0 Å². The zero-order valence-electron chi connectivity index (χ0n) is 15.7. The van der Waals surface area contributed by atoms with Crippen molar-refractivity contribution in [1.29, 1.82) is 0 Å². The molecule has 2 aromatic carbocycles. The normalized spacial score (nSPS) is 17.0. The van der Waals surface area contributed by atoms with E-state index in [0.29, 0.717) is 48.3 Å². The van der Waals surface area contributed by atoms with Crippen LogP contribution in [0.25, 0.3) is 0 Å². The van der Waals surface area contributed by atoms with Crippen LogP contribution in [0.5, 0.6) is 0 Å². The van der Waals surface area contributed by atoms with Gasteiger partial charge in [-0.1, -0.05) is 29.3 Å². The van der Waals surface area contributed by atoms with Crippen LogP contribution in [0.1, 0.15) is 10.4 Å². The summed E-state index contributed by atoms with van der Waals surface area (Å²) in [4.78, 5) is 40.8. The van der Waals surface area contributed by atoms with Crippen LogP contribution in [-0.4, -0.2) is 48.9 Å². The highest BCUT2D eigenvalue weighted by molar-refractivity contribution is 6.53. The van der Waals surface area contributed by atoms with E-state index < -0.39 is 11.8 Å². The summed E-state index contributed by atoms with van der Waals surface area (Å²) < 4.78 is 5.28. The van der Waals surface area contributed by atoms with Crippen LogP contribution in [-0.2, 0) is 14.3 Å². The first-order valence-electron chi connectivity index (χ1n) is 9.24. The number of hydrogen-bond donors (Lipinski definition) is 1. The molecule has 0 aromatic heterocycles. The summed E-state index contributed by atoms with van der Waals surface area (Å²) in [5, 5.41) is 3.16. The van der Waals surface area contributed by atoms with Gasteiger partial charge in [-0.05, 0) is 42.5 Å². The zero-order chi connectivity index (χ0) is 21.3. The van der Waals surface area contributed by atoms with E-state index >= 15 is 0 Å². The van der Waals surface area contributed by atoms with Crippen LogP contribution in [0.15, 0.2) is 59.3 Å². The summed E-state index contributed by atoms with van der Waals surface area (Å²) in [6.07, 6.45) is 0. The van der Waals surface area contributed by atoms with Crippen LogP contribution in [0.2, 0.25) is 5.02 Å². The number of carbonyl (C=O) groups excluding carboxylic acids is 3. The van der Waals surface area contributed by atoms with E-state index in [1.807, 2.05) is 0 Å². The molecule has 1 saturated heterocycles. The van der Waals surface area contributed by atoms with E-state index in [1.54, 1.807) is 53.4 Å². The molecule has 0 spiro atoms. The van der Waals surface area contributed by atoms with Crippen molar-refractivity contribution in [3.63, 3.8) is 0 Å². The zero-order valence-corrected chi connectivity index (χ0v) is 17.2. The van der Waals surface area contributed by atoms with Crippen molar-refractivity contribution >= 4 is 52.3 Å². The van der Waals surface area contributed by atoms with Gasteiger partial charge >= 0.3 is 0 Å². The average Bonchev–Trinajstić information content (AvgIpc) is 2.98. The van der Waals surface area contributed by atoms with Gasteiger partial charge in [0.25, 0.3) is 17.7 Å². The number of ether oxygens (including phenoxy) is 1. The minimum absolute atomic E-state index is 0.0485. The van der Waals surface area contributed by atoms with Gasteiger partial charge in [0.1, 0.15) is 10.7 Å². The molecule has 1 fully saturated rings. The number of hydrogen-bond acceptors (Lipinski definition) is 5. The fourth-order valence-electron chi connectivity index (χ4n) is 3.26. The molecule has 2 heterocycles. The Morgan fingerprint density at radius 3 is 2.37 bits per heavy atom. The number of imide groups is 1. The third-order valence-corrected chi connectivity index (χ3v) is 5.39. The fraction of sp³-hybridized carbons (Fsp3) is 0.190. The molecule has 2 aromatic rings. The molecule has 0 saturated carbocycles. The molecular formula is C21H17Cl2N3O4. The van der Waals surface area contributed by atoms with Crippen LogP contribution < -0.4 is 10.2 Å². The predicted molar refractivity (Wildman–Crippen MR) is 114 cm³/mol. The number of nitrogens with one attached hydrogen (secondary N) is 1. The highest BCUT2D eigenvalue weighted by atomic mass is 35.5. The molecular weight excluding hydrogens is 429 g/mol. The summed E-state index contributed by atoms with van der Waals surface area (Å²) in [7, 11) is 0. The van der Waals surface area contributed by atoms with Gasteiger partial charge in [-0.25, -0.2) is 4.90 Å². The van der Waals surface area contributed by atoms with Crippen LogP contribution in [0.3, 0.4) is 0 Å². The Labute approximate surface area is 182 Å². The van der Waals surface area contributed by atoms with Crippen LogP contribution in [0.4, 0.5) is 11.4 Å². The number of anilines is 2. The molecule has 1 N–H and O–H groups in total. The van der Waals surface area contributed by atoms with Gasteiger partial charge < -0.3 is 15.0 Å². The average molecular weight is 446 g/mol. The Morgan fingerprint density at radius 2 is 1.67 bits per heavy atom. The largest absolute Gasteiger partial charge is 0.378 e. The summed E-state index contributed by atoms with van der Waals surface area (Å²) in [5.41, 5.74) is 1.25. The summed E-state index contributed by atoms with van der Waals surface area (Å²) >= 11 is 12.0. The van der Waals surface area contributed by atoms with E-state index in [4.69, 9.17) is 27.9 Å². The molecule has 9 heteroatoms. The van der Waals surface area contributed by atoms with E-state index in [9.17, 15) is 14.4 Å². The first kappa shape index (κ1) is 20.4. The molecule has 0 aliphatic carbocycles. The maximum atomic E-state index is 12.9. The van der Waals surface area contributed by atoms with Crippen molar-refractivity contribution in [2.45, 2.75) is 0 Å². The van der Waals surface area contributed by atoms with Gasteiger partial charge in [0, 0.05) is 29.4 Å². The Balaban J connectivity index is 1.55. The molecule has 0 radical (unpaired) electrons. The third-order valence-electron chi connectivity index (χ3n) is 4.79. The van der Waals surface area contributed by atoms with Crippen molar-refractivity contribution in [2.75, 3.05) is 36.5 Å². The summed E-state index contributed by atoms with van der Waals surface area (Å²) in [6, 6.07) is 13.0. The summed E-state index contributed by atoms with van der Waals surface area (Å²) in [6.45, 7) is 2.06. The fourth-order valence-corrected chi connectivity index (χ4v) is 3.60. The molecule has 4 rings (SSSR count). The standard InChI is InChI=1S/C21H17Cl2N3O4/c22-14-4-6-16(7-5-14)26-20(28)17(23)18(21(26)29)24-15-3-1-2-13(12-15)19(27)25-8-10-30-11-9-25/h1-7,12,24H,8-11H2. The number of nitrogens with zero attached hydrogens (tertiary/aromatic N) is 2. The lowest BCUT2D eigenvalue weighted by atomic mass is 10.1. The number of carbonyl (C=O) groups is 3. The summed E-state index contributed by atoms with van der Waals surface area (Å²) in [5.74, 6) is -1.34. The number of halogens is 2. The van der Waals surface area contributed by atoms with E-state index in [0.717, 1.165) is 4.90 Å². The molecule has 0 bridgehead atoms. The molecule has 0 atom stereocenters. The maximum absolute atomic E-state index is 12.9. The van der Waals surface area contributed by atoms with Gasteiger partial charge in [-0.3, -0.25) is 14.4 Å². The molecule has 0 unspecified atom stereocenters. The lowest BCUT2D eigenvalue weighted by Gasteiger charge is -2.27. The highest BCUT2D eigenvalue weighted by Gasteiger charge is 2.39. The lowest BCUT2D eigenvalue weighted by Crippen LogP contribution is -2.40. The molecule has 2 aliphatic rings. The van der Waals surface area contributed by atoms with Crippen LogP contribution in [0, 0.1) is 0 Å². The SMILES string of the molecule is O=C(c1cccc(NC2=C(Cl)C(=O)N(c3ccc(Cl)cc3)C2=O)c1)N1CCOCC1. The Morgan fingerprint density at radius 1 is 0.967 bits per heavy atom. The maximum Gasteiger partial charge on any atom is 0.283 e. The third kappa shape index (κ3) is 3.92. The lowest BCUT2D eigenvalue weighted by molar-refractivity contribution is -0.120. The van der Waals surface area contributed by atoms with Gasteiger partial charge in [0.05, 0.1) is 18.9 Å². The van der Waals surface area contributed by atoms with E-state index in [-0.39, 0.29) is 16.6 Å². The predicted octanol–water partition coefficient (Wildman–Crippen LogP) is 3.25. The Hall–Kier alpha value is -2.87. The van der Waals surface area contributed by atoms with E-state index in [1.165, 1.54) is 0 Å². The van der Waals surface area contributed by atoms with Crippen molar-refractivity contribution in [1.82, 2.24) is 4.90 Å². The van der Waals surface area contributed by atoms with Crippen molar-refractivity contribution in [3.05, 3.63) is 69.8 Å². The number of rotatable bonds is 4. The minimum atomic E-state index is -0.632. The second-order valence-electron chi connectivity index (χ2n) is 6.72. The quantitative estimate of drug-likeness (QED) is 0.730. The van der Waals surface area contributed by atoms with E-state index in [2.05, 4.69) is 5.32 Å². The van der Waals surface area contributed by atoms with Crippen molar-refractivity contribution in [2.24, 2.45) is 0 Å². The molecule has 2 aliphatic heterocycles. The Bertz CT molecular complexity index is 1050. The second kappa shape index (κ2) is 8.47. The molecule has 154 valence electrons. The number of amides is 3. The van der Waals surface area contributed by atoms with Gasteiger partial charge in [0.15, 0.2) is 0 Å². The van der Waals surface area contributed by atoms with Gasteiger partial charge in [-0.2, -0.15) is 0 Å². The van der Waals surface area contributed by atoms with Crippen LogP contribution >= 0.6 is 23.2 Å². The minimum Gasteiger partial charge on any atom is -0.378 e.